The third kappa shape index (κ3) is 1.39. The van der Waals surface area contributed by atoms with Crippen LogP contribution in [0.3, 0.4) is 0 Å². The molecular formula is C10H16N2O2. The largest absolute Gasteiger partial charge is 0.465 e. The fraction of sp³-hybridized carbons (Fsp3) is 0.700. The van der Waals surface area contributed by atoms with Gasteiger partial charge in [-0.3, -0.25) is 4.79 Å². The number of carbonyl (C=O) groups is 1. The highest BCUT2D eigenvalue weighted by atomic mass is 16.5. The minimum Gasteiger partial charge on any atom is -0.465 e. The zero-order chi connectivity index (χ0) is 10.2. The highest BCUT2D eigenvalue weighted by Crippen LogP contribution is 2.55. The molecule has 1 saturated heterocycles. The van der Waals surface area contributed by atoms with Crippen LogP contribution in [-0.4, -0.2) is 24.7 Å². The standard InChI is InChI=1S/C10H16N2O2/c1-2-14-9(13)7-5-10(3-4-11)6-8(10)12-7/h3-4,7-8,12H,2,5-6,11H2,1H3/b4-3+/t7?,8?,10-/m0/s1. The first-order chi connectivity index (χ1) is 6.72. The monoisotopic (exact) mass is 196 g/mol. The first-order valence-corrected chi connectivity index (χ1v) is 5.04. The van der Waals surface area contributed by atoms with Gasteiger partial charge in [-0.25, -0.2) is 0 Å². The van der Waals surface area contributed by atoms with Gasteiger partial charge < -0.3 is 15.8 Å². The lowest BCUT2D eigenvalue weighted by Crippen LogP contribution is -2.35. The molecule has 0 bridgehead atoms. The second kappa shape index (κ2) is 3.28. The third-order valence-electron chi connectivity index (χ3n) is 3.10. The molecule has 0 aromatic heterocycles. The van der Waals surface area contributed by atoms with Crippen LogP contribution in [0.2, 0.25) is 0 Å². The first kappa shape index (κ1) is 9.52. The Morgan fingerprint density at radius 1 is 1.71 bits per heavy atom. The summed E-state index contributed by atoms with van der Waals surface area (Å²) in [4.78, 5) is 11.4. The van der Waals surface area contributed by atoms with Crippen molar-refractivity contribution in [3.63, 3.8) is 0 Å². The first-order valence-electron chi connectivity index (χ1n) is 5.04. The Morgan fingerprint density at radius 2 is 2.50 bits per heavy atom. The molecule has 2 rings (SSSR count). The van der Waals surface area contributed by atoms with E-state index in [0.717, 1.165) is 12.8 Å². The molecule has 0 spiro atoms. The van der Waals surface area contributed by atoms with Gasteiger partial charge >= 0.3 is 5.97 Å². The average molecular weight is 196 g/mol. The lowest BCUT2D eigenvalue weighted by molar-refractivity contribution is -0.145. The van der Waals surface area contributed by atoms with Gasteiger partial charge in [-0.1, -0.05) is 6.08 Å². The van der Waals surface area contributed by atoms with E-state index >= 15 is 0 Å². The molecule has 4 nitrogen and oxygen atoms in total. The Balaban J connectivity index is 1.93. The molecule has 14 heavy (non-hydrogen) atoms. The maximum atomic E-state index is 11.4. The summed E-state index contributed by atoms with van der Waals surface area (Å²) in [6.45, 7) is 2.27. The molecule has 2 fully saturated rings. The quantitative estimate of drug-likeness (QED) is 0.630. The van der Waals surface area contributed by atoms with Crippen LogP contribution < -0.4 is 11.1 Å². The molecular weight excluding hydrogens is 180 g/mol. The number of piperidine rings is 1. The van der Waals surface area contributed by atoms with Crippen LogP contribution in [0.5, 0.6) is 0 Å². The smallest absolute Gasteiger partial charge is 0.323 e. The molecule has 78 valence electrons. The van der Waals surface area contributed by atoms with Crippen molar-refractivity contribution in [2.45, 2.75) is 31.8 Å². The van der Waals surface area contributed by atoms with E-state index in [9.17, 15) is 4.79 Å². The van der Waals surface area contributed by atoms with Gasteiger partial charge in [0, 0.05) is 11.5 Å². The molecule has 2 unspecified atom stereocenters. The average Bonchev–Trinajstić information content (AvgIpc) is 2.69. The van der Waals surface area contributed by atoms with Crippen molar-refractivity contribution in [3.8, 4) is 0 Å². The Kier molecular flexibility index (Phi) is 2.23. The summed E-state index contributed by atoms with van der Waals surface area (Å²) >= 11 is 0. The topological polar surface area (TPSA) is 64.3 Å². The molecule has 1 saturated carbocycles. The van der Waals surface area contributed by atoms with Crippen molar-refractivity contribution in [3.05, 3.63) is 12.3 Å². The molecule has 0 radical (unpaired) electrons. The molecule has 4 heteroatoms. The van der Waals surface area contributed by atoms with Gasteiger partial charge in [-0.2, -0.15) is 0 Å². The van der Waals surface area contributed by atoms with Crippen LogP contribution in [0.15, 0.2) is 12.3 Å². The predicted octanol–water partition coefficient (Wildman–Crippen LogP) is 0.142. The summed E-state index contributed by atoms with van der Waals surface area (Å²) < 4.78 is 4.96. The highest BCUT2D eigenvalue weighted by molar-refractivity contribution is 5.77. The summed E-state index contributed by atoms with van der Waals surface area (Å²) in [5.41, 5.74) is 5.52. The molecule has 1 aliphatic carbocycles. The third-order valence-corrected chi connectivity index (χ3v) is 3.10. The maximum Gasteiger partial charge on any atom is 0.323 e. The number of ether oxygens (including phenoxy) is 1. The Labute approximate surface area is 83.5 Å². The summed E-state index contributed by atoms with van der Waals surface area (Å²) in [6.07, 6.45) is 5.50. The maximum absolute atomic E-state index is 11.4. The predicted molar refractivity (Wildman–Crippen MR) is 52.3 cm³/mol. The summed E-state index contributed by atoms with van der Waals surface area (Å²) in [6, 6.07) is 0.293. The van der Waals surface area contributed by atoms with Crippen LogP contribution in [0.25, 0.3) is 0 Å². The van der Waals surface area contributed by atoms with Crippen LogP contribution in [-0.2, 0) is 9.53 Å². The molecule has 3 N–H and O–H groups in total. The van der Waals surface area contributed by atoms with E-state index in [2.05, 4.69) is 5.32 Å². The Bertz CT molecular complexity index is 277. The normalized spacial score (nSPS) is 39.8. The molecule has 1 aliphatic heterocycles. The van der Waals surface area contributed by atoms with E-state index in [0.29, 0.717) is 12.6 Å². The number of fused-ring (bicyclic) bond motifs is 1. The summed E-state index contributed by atoms with van der Waals surface area (Å²) in [5.74, 6) is -0.135. The number of rotatable bonds is 3. The molecule has 0 aromatic carbocycles. The van der Waals surface area contributed by atoms with Crippen LogP contribution >= 0.6 is 0 Å². The van der Waals surface area contributed by atoms with Gasteiger partial charge in [-0.15, -0.1) is 0 Å². The fourth-order valence-electron chi connectivity index (χ4n) is 2.29. The van der Waals surface area contributed by atoms with Gasteiger partial charge in [-0.05, 0) is 26.0 Å². The van der Waals surface area contributed by atoms with Crippen molar-refractivity contribution in [1.29, 1.82) is 0 Å². The Morgan fingerprint density at radius 3 is 3.14 bits per heavy atom. The summed E-state index contributed by atoms with van der Waals surface area (Å²) in [5, 5.41) is 3.26. The van der Waals surface area contributed by atoms with Crippen molar-refractivity contribution in [2.24, 2.45) is 11.1 Å². The second-order valence-electron chi connectivity index (χ2n) is 4.02. The lowest BCUT2D eigenvalue weighted by atomic mass is 10.00. The fourth-order valence-corrected chi connectivity index (χ4v) is 2.29. The molecule has 2 aliphatic rings. The number of hydrogen-bond donors (Lipinski definition) is 2. The zero-order valence-corrected chi connectivity index (χ0v) is 8.32. The zero-order valence-electron chi connectivity index (χ0n) is 8.32. The Hall–Kier alpha value is -1.03. The number of esters is 1. The van der Waals surface area contributed by atoms with Gasteiger partial charge in [0.1, 0.15) is 6.04 Å². The SMILES string of the molecule is CCOC(=O)C1C[C@@]2(/C=C/N)CC2N1. The van der Waals surface area contributed by atoms with E-state index in [1.165, 1.54) is 0 Å². The molecule has 3 atom stereocenters. The highest BCUT2D eigenvalue weighted by Gasteiger charge is 2.60. The van der Waals surface area contributed by atoms with Crippen molar-refractivity contribution in [1.82, 2.24) is 5.32 Å². The van der Waals surface area contributed by atoms with Crippen molar-refractivity contribution < 1.29 is 9.53 Å². The van der Waals surface area contributed by atoms with E-state index in [-0.39, 0.29) is 17.4 Å². The van der Waals surface area contributed by atoms with Gasteiger partial charge in [0.15, 0.2) is 0 Å². The molecule has 1 heterocycles. The lowest BCUT2D eigenvalue weighted by Gasteiger charge is -2.12. The van der Waals surface area contributed by atoms with Gasteiger partial charge in [0.25, 0.3) is 0 Å². The van der Waals surface area contributed by atoms with Crippen LogP contribution in [0.4, 0.5) is 0 Å². The summed E-state index contributed by atoms with van der Waals surface area (Å²) in [7, 11) is 0. The van der Waals surface area contributed by atoms with Crippen molar-refractivity contribution in [2.75, 3.05) is 6.61 Å². The minimum absolute atomic E-state index is 0.134. The van der Waals surface area contributed by atoms with Crippen molar-refractivity contribution >= 4 is 5.97 Å². The minimum atomic E-state index is -0.135. The number of carbonyl (C=O) groups excluding carboxylic acids is 1. The number of hydrogen-bond acceptors (Lipinski definition) is 4. The van der Waals surface area contributed by atoms with E-state index < -0.39 is 0 Å². The molecule has 0 aromatic rings. The van der Waals surface area contributed by atoms with Crippen LogP contribution in [0, 0.1) is 5.41 Å². The van der Waals surface area contributed by atoms with Gasteiger partial charge in [0.05, 0.1) is 6.61 Å². The van der Waals surface area contributed by atoms with E-state index in [4.69, 9.17) is 10.5 Å². The number of nitrogens with one attached hydrogen (secondary N) is 1. The van der Waals surface area contributed by atoms with E-state index in [1.54, 1.807) is 6.20 Å². The molecule has 0 amide bonds. The van der Waals surface area contributed by atoms with E-state index in [1.807, 2.05) is 13.0 Å². The number of nitrogens with two attached hydrogens (primary N) is 1. The van der Waals surface area contributed by atoms with Gasteiger partial charge in [0.2, 0.25) is 0 Å². The second-order valence-corrected chi connectivity index (χ2v) is 4.02. The van der Waals surface area contributed by atoms with Crippen LogP contribution in [0.1, 0.15) is 19.8 Å².